The van der Waals surface area contributed by atoms with E-state index in [1.54, 1.807) is 0 Å². The number of hydrogen-bond donors (Lipinski definition) is 0. The van der Waals surface area contributed by atoms with Gasteiger partial charge in [-0.3, -0.25) is 0 Å². The van der Waals surface area contributed by atoms with Crippen molar-refractivity contribution in [3.8, 4) is 0 Å². The predicted octanol–water partition coefficient (Wildman–Crippen LogP) is 5.29. The summed E-state index contributed by atoms with van der Waals surface area (Å²) in [5.74, 6) is 0. The van der Waals surface area contributed by atoms with E-state index in [1.807, 2.05) is 48.6 Å². The lowest BCUT2D eigenvalue weighted by atomic mass is 10.1. The molecule has 18 heavy (non-hydrogen) atoms. The number of hydrogen-bond acceptors (Lipinski definition) is 0. The molecule has 0 saturated carbocycles. The molecule has 0 amide bonds. The van der Waals surface area contributed by atoms with Crippen molar-refractivity contribution in [1.82, 2.24) is 0 Å². The molecule has 0 aliphatic rings. The molecule has 0 atom stereocenters. The van der Waals surface area contributed by atoms with Crippen molar-refractivity contribution in [1.29, 1.82) is 0 Å². The van der Waals surface area contributed by atoms with Gasteiger partial charge in [0.1, 0.15) is 0 Å². The Bertz CT molecular complexity index is 548. The van der Waals surface area contributed by atoms with Gasteiger partial charge in [0.2, 0.25) is 0 Å². The van der Waals surface area contributed by atoms with E-state index in [0.717, 1.165) is 10.6 Å². The lowest BCUT2D eigenvalue weighted by Gasteiger charge is -1.98. The number of benzene rings is 2. The van der Waals surface area contributed by atoms with Gasteiger partial charge in [0.25, 0.3) is 0 Å². The molecule has 1 heteroatoms. The third kappa shape index (κ3) is 3.61. The molecular weight excluding hydrogens is 240 g/mol. The molecule has 0 heterocycles. The SMILES string of the molecule is Cc1ccc(/C(Cl)=C/C=C\c2ccccc2)cc1. The van der Waals surface area contributed by atoms with Crippen molar-refractivity contribution in [2.24, 2.45) is 0 Å². The van der Waals surface area contributed by atoms with Gasteiger partial charge in [-0.1, -0.05) is 83.9 Å². The molecule has 2 rings (SSSR count). The maximum absolute atomic E-state index is 6.23. The number of aryl methyl sites for hydroxylation is 1. The van der Waals surface area contributed by atoms with Crippen molar-refractivity contribution < 1.29 is 0 Å². The Balaban J connectivity index is 2.10. The molecule has 0 aliphatic carbocycles. The molecule has 0 aromatic heterocycles. The van der Waals surface area contributed by atoms with E-state index >= 15 is 0 Å². The van der Waals surface area contributed by atoms with Gasteiger partial charge in [0, 0.05) is 5.03 Å². The standard InChI is InChI=1S/C17H15Cl/c1-14-10-12-16(13-11-14)17(18)9-5-8-15-6-3-2-4-7-15/h2-13H,1H3/b8-5-,17-9-. The monoisotopic (exact) mass is 254 g/mol. The fraction of sp³-hybridized carbons (Fsp3) is 0.0588. The Hall–Kier alpha value is -1.79. The van der Waals surface area contributed by atoms with Crippen LogP contribution < -0.4 is 0 Å². The summed E-state index contributed by atoms with van der Waals surface area (Å²) in [6.45, 7) is 2.07. The van der Waals surface area contributed by atoms with E-state index in [0.29, 0.717) is 0 Å². The number of halogens is 1. The molecule has 0 spiro atoms. The lowest BCUT2D eigenvalue weighted by Crippen LogP contribution is -1.77. The average molecular weight is 255 g/mol. The molecular formula is C17H15Cl. The van der Waals surface area contributed by atoms with Gasteiger partial charge < -0.3 is 0 Å². The third-order valence-electron chi connectivity index (χ3n) is 2.66. The molecule has 0 aliphatic heterocycles. The molecule has 0 N–H and O–H groups in total. The predicted molar refractivity (Wildman–Crippen MR) is 80.5 cm³/mol. The largest absolute Gasteiger partial charge is 0.0837 e. The van der Waals surface area contributed by atoms with Gasteiger partial charge in [-0.2, -0.15) is 0 Å². The maximum Gasteiger partial charge on any atom is 0.0478 e. The highest BCUT2D eigenvalue weighted by atomic mass is 35.5. The van der Waals surface area contributed by atoms with Crippen LogP contribution in [0.2, 0.25) is 0 Å². The van der Waals surface area contributed by atoms with Crippen LogP contribution in [0.1, 0.15) is 16.7 Å². The Morgan fingerprint density at radius 1 is 0.944 bits per heavy atom. The first-order valence-corrected chi connectivity index (χ1v) is 6.29. The minimum atomic E-state index is 0.752. The summed E-state index contributed by atoms with van der Waals surface area (Å²) in [7, 11) is 0. The number of rotatable bonds is 3. The van der Waals surface area contributed by atoms with Crippen LogP contribution in [0.15, 0.2) is 66.7 Å². The van der Waals surface area contributed by atoms with Crippen molar-refractivity contribution in [2.75, 3.05) is 0 Å². The topological polar surface area (TPSA) is 0 Å². The van der Waals surface area contributed by atoms with Gasteiger partial charge in [0.15, 0.2) is 0 Å². The summed E-state index contributed by atoms with van der Waals surface area (Å²) in [6, 6.07) is 18.4. The zero-order valence-electron chi connectivity index (χ0n) is 10.3. The summed E-state index contributed by atoms with van der Waals surface area (Å²) in [5, 5.41) is 0.752. The summed E-state index contributed by atoms with van der Waals surface area (Å²) in [5.41, 5.74) is 3.45. The van der Waals surface area contributed by atoms with Crippen LogP contribution in [0.3, 0.4) is 0 Å². The second kappa shape index (κ2) is 6.23. The van der Waals surface area contributed by atoms with Gasteiger partial charge in [-0.15, -0.1) is 0 Å². The van der Waals surface area contributed by atoms with Crippen LogP contribution in [-0.4, -0.2) is 0 Å². The fourth-order valence-corrected chi connectivity index (χ4v) is 1.82. The first-order valence-electron chi connectivity index (χ1n) is 5.92. The second-order valence-electron chi connectivity index (χ2n) is 4.15. The number of allylic oxidation sites excluding steroid dienone is 2. The van der Waals surface area contributed by atoms with Crippen LogP contribution in [-0.2, 0) is 0 Å². The summed E-state index contributed by atoms with van der Waals surface area (Å²) >= 11 is 6.23. The Morgan fingerprint density at radius 2 is 1.61 bits per heavy atom. The van der Waals surface area contributed by atoms with Crippen LogP contribution in [0.5, 0.6) is 0 Å². The van der Waals surface area contributed by atoms with E-state index in [1.165, 1.54) is 11.1 Å². The lowest BCUT2D eigenvalue weighted by molar-refractivity contribution is 1.46. The minimum Gasteiger partial charge on any atom is -0.0837 e. The highest BCUT2D eigenvalue weighted by Gasteiger charge is 1.95. The molecule has 2 aromatic carbocycles. The van der Waals surface area contributed by atoms with Gasteiger partial charge in [0.05, 0.1) is 0 Å². The molecule has 90 valence electrons. The molecule has 0 radical (unpaired) electrons. The molecule has 0 unspecified atom stereocenters. The Morgan fingerprint density at radius 3 is 2.28 bits per heavy atom. The first kappa shape index (κ1) is 12.7. The zero-order valence-corrected chi connectivity index (χ0v) is 11.1. The smallest absolute Gasteiger partial charge is 0.0478 e. The molecule has 0 saturated heterocycles. The van der Waals surface area contributed by atoms with Crippen molar-refractivity contribution in [3.63, 3.8) is 0 Å². The average Bonchev–Trinajstić information content (AvgIpc) is 2.40. The second-order valence-corrected chi connectivity index (χ2v) is 4.56. The van der Waals surface area contributed by atoms with Crippen LogP contribution in [0.4, 0.5) is 0 Å². The zero-order chi connectivity index (χ0) is 12.8. The van der Waals surface area contributed by atoms with E-state index < -0.39 is 0 Å². The fourth-order valence-electron chi connectivity index (χ4n) is 1.62. The maximum atomic E-state index is 6.23. The van der Waals surface area contributed by atoms with E-state index in [4.69, 9.17) is 11.6 Å². The first-order chi connectivity index (χ1) is 8.75. The molecule has 2 aromatic rings. The van der Waals surface area contributed by atoms with Crippen molar-refractivity contribution in [2.45, 2.75) is 6.92 Å². The van der Waals surface area contributed by atoms with Gasteiger partial charge >= 0.3 is 0 Å². The minimum absolute atomic E-state index is 0.752. The molecule has 0 nitrogen and oxygen atoms in total. The Kier molecular flexibility index (Phi) is 4.38. The highest BCUT2D eigenvalue weighted by Crippen LogP contribution is 2.19. The highest BCUT2D eigenvalue weighted by molar-refractivity contribution is 6.48. The van der Waals surface area contributed by atoms with Crippen LogP contribution >= 0.6 is 11.6 Å². The quantitative estimate of drug-likeness (QED) is 0.653. The summed E-state index contributed by atoms with van der Waals surface area (Å²) in [4.78, 5) is 0. The van der Waals surface area contributed by atoms with Crippen LogP contribution in [0.25, 0.3) is 11.1 Å². The third-order valence-corrected chi connectivity index (χ3v) is 3.00. The van der Waals surface area contributed by atoms with E-state index in [-0.39, 0.29) is 0 Å². The Labute approximate surface area is 113 Å². The molecule has 0 bridgehead atoms. The van der Waals surface area contributed by atoms with E-state index in [9.17, 15) is 0 Å². The van der Waals surface area contributed by atoms with Crippen molar-refractivity contribution >= 4 is 22.7 Å². The van der Waals surface area contributed by atoms with Gasteiger partial charge in [-0.25, -0.2) is 0 Å². The van der Waals surface area contributed by atoms with E-state index in [2.05, 4.69) is 31.2 Å². The molecule has 0 fully saturated rings. The normalized spacial score (nSPS) is 12.0. The van der Waals surface area contributed by atoms with Crippen LogP contribution in [0, 0.1) is 6.92 Å². The van der Waals surface area contributed by atoms with Gasteiger partial charge in [-0.05, 0) is 24.1 Å². The summed E-state index contributed by atoms with van der Waals surface area (Å²) < 4.78 is 0. The van der Waals surface area contributed by atoms with Crippen molar-refractivity contribution in [3.05, 3.63) is 83.4 Å². The summed E-state index contributed by atoms with van der Waals surface area (Å²) in [6.07, 6.45) is 5.92.